The molecule has 4 aromatic rings. The quantitative estimate of drug-likeness (QED) is 0.436. The monoisotopic (exact) mass is 456 g/mol. The maximum atomic E-state index is 13.5. The molecule has 0 saturated carbocycles. The lowest BCUT2D eigenvalue weighted by Crippen LogP contribution is -2.23. The largest absolute Gasteiger partial charge is 0.436 e. The number of carbonyl (C=O) groups excluding carboxylic acids is 1. The van der Waals surface area contributed by atoms with Crippen LogP contribution in [0.4, 0.5) is 19.0 Å². The van der Waals surface area contributed by atoms with Crippen molar-refractivity contribution in [2.45, 2.75) is 26.6 Å². The van der Waals surface area contributed by atoms with Crippen LogP contribution in [0.25, 0.3) is 16.6 Å². The van der Waals surface area contributed by atoms with Crippen LogP contribution in [0.5, 0.6) is 0 Å². The average Bonchev–Trinajstić information content (AvgIpc) is 3.19. The molecule has 0 bridgehead atoms. The van der Waals surface area contributed by atoms with Gasteiger partial charge in [0.05, 0.1) is 5.69 Å². The van der Waals surface area contributed by atoms with Crippen molar-refractivity contribution in [3.05, 3.63) is 80.8 Å². The van der Waals surface area contributed by atoms with E-state index in [0.717, 1.165) is 15.8 Å². The second kappa shape index (κ2) is 8.08. The van der Waals surface area contributed by atoms with E-state index in [1.165, 1.54) is 12.1 Å². The first-order chi connectivity index (χ1) is 15.6. The van der Waals surface area contributed by atoms with Gasteiger partial charge in [-0.05, 0) is 43.2 Å². The fraction of sp³-hybridized carbons (Fsp3) is 0.182. The molecule has 0 aliphatic rings. The molecule has 0 aliphatic carbocycles. The zero-order valence-corrected chi connectivity index (χ0v) is 17.6. The summed E-state index contributed by atoms with van der Waals surface area (Å²) in [5.74, 6) is -0.524. The Morgan fingerprint density at radius 3 is 2.52 bits per heavy atom. The van der Waals surface area contributed by atoms with Crippen LogP contribution in [0.1, 0.15) is 32.7 Å². The van der Waals surface area contributed by atoms with E-state index in [1.54, 1.807) is 18.2 Å². The molecular weight excluding hydrogens is 437 g/mol. The molecular formula is C22H19F3N6O2. The minimum Gasteiger partial charge on any atom is -0.380 e. The number of benzene rings is 2. The van der Waals surface area contributed by atoms with E-state index in [9.17, 15) is 22.8 Å². The number of rotatable bonds is 4. The minimum atomic E-state index is -4.86. The first-order valence-electron chi connectivity index (χ1n) is 9.85. The van der Waals surface area contributed by atoms with Gasteiger partial charge < -0.3 is 11.1 Å². The number of hydrogen-bond acceptors (Lipinski definition) is 5. The number of hydrogen-bond donors (Lipinski definition) is 3. The fourth-order valence-corrected chi connectivity index (χ4v) is 3.49. The highest BCUT2D eigenvalue weighted by molar-refractivity contribution is 5.95. The van der Waals surface area contributed by atoms with Crippen molar-refractivity contribution in [1.82, 2.24) is 25.3 Å². The molecule has 2 heterocycles. The number of aromatic nitrogens is 4. The number of H-pyrrole nitrogens is 1. The van der Waals surface area contributed by atoms with E-state index >= 15 is 0 Å². The van der Waals surface area contributed by atoms with Crippen LogP contribution in [-0.2, 0) is 12.7 Å². The summed E-state index contributed by atoms with van der Waals surface area (Å²) in [5.41, 5.74) is 6.48. The predicted octanol–water partition coefficient (Wildman–Crippen LogP) is 3.26. The molecule has 0 radical (unpaired) electrons. The van der Waals surface area contributed by atoms with E-state index < -0.39 is 22.8 Å². The summed E-state index contributed by atoms with van der Waals surface area (Å²) >= 11 is 0. The summed E-state index contributed by atoms with van der Waals surface area (Å²) in [7, 11) is 0. The second-order valence-corrected chi connectivity index (χ2v) is 7.59. The maximum absolute atomic E-state index is 13.5. The molecule has 0 spiro atoms. The van der Waals surface area contributed by atoms with Gasteiger partial charge in [0, 0.05) is 12.1 Å². The van der Waals surface area contributed by atoms with Crippen LogP contribution >= 0.6 is 0 Å². The number of alkyl halides is 3. The normalized spacial score (nSPS) is 11.7. The van der Waals surface area contributed by atoms with E-state index in [0.29, 0.717) is 11.1 Å². The van der Waals surface area contributed by atoms with E-state index in [-0.39, 0.29) is 29.5 Å². The van der Waals surface area contributed by atoms with Gasteiger partial charge >= 0.3 is 6.18 Å². The Morgan fingerprint density at radius 2 is 1.85 bits per heavy atom. The predicted molar refractivity (Wildman–Crippen MR) is 116 cm³/mol. The third-order valence-corrected chi connectivity index (χ3v) is 5.17. The average molecular weight is 456 g/mol. The van der Waals surface area contributed by atoms with E-state index in [2.05, 4.69) is 15.5 Å². The van der Waals surface area contributed by atoms with Crippen LogP contribution in [0.2, 0.25) is 0 Å². The molecule has 11 heteroatoms. The van der Waals surface area contributed by atoms with Crippen molar-refractivity contribution >= 4 is 22.6 Å². The summed E-state index contributed by atoms with van der Waals surface area (Å²) < 4.78 is 41.3. The lowest BCUT2D eigenvalue weighted by Gasteiger charge is -2.10. The number of carbonyl (C=O) groups is 1. The zero-order valence-electron chi connectivity index (χ0n) is 17.6. The molecule has 8 nitrogen and oxygen atoms in total. The molecule has 0 atom stereocenters. The fourth-order valence-electron chi connectivity index (χ4n) is 3.49. The zero-order chi connectivity index (χ0) is 23.9. The van der Waals surface area contributed by atoms with Crippen molar-refractivity contribution in [1.29, 1.82) is 0 Å². The molecule has 2 aromatic heterocycles. The van der Waals surface area contributed by atoms with Crippen LogP contribution in [-0.4, -0.2) is 25.9 Å². The Balaban J connectivity index is 1.63. The van der Waals surface area contributed by atoms with Gasteiger partial charge in [0.1, 0.15) is 10.9 Å². The minimum absolute atomic E-state index is 0.212. The summed E-state index contributed by atoms with van der Waals surface area (Å²) in [6.07, 6.45) is -4.86. The first-order valence-corrected chi connectivity index (χ1v) is 9.85. The van der Waals surface area contributed by atoms with Crippen LogP contribution in [0, 0.1) is 13.8 Å². The van der Waals surface area contributed by atoms with Crippen molar-refractivity contribution in [2.24, 2.45) is 0 Å². The summed E-state index contributed by atoms with van der Waals surface area (Å²) in [5, 5.41) is 11.3. The molecule has 0 saturated heterocycles. The Morgan fingerprint density at radius 1 is 1.15 bits per heavy atom. The van der Waals surface area contributed by atoms with Gasteiger partial charge in [0.2, 0.25) is 0 Å². The van der Waals surface area contributed by atoms with Crippen LogP contribution < -0.4 is 16.6 Å². The van der Waals surface area contributed by atoms with E-state index in [4.69, 9.17) is 5.73 Å². The van der Waals surface area contributed by atoms with Gasteiger partial charge in [-0.15, -0.1) is 0 Å². The van der Waals surface area contributed by atoms with E-state index in [1.807, 2.05) is 31.1 Å². The number of aryl methyl sites for hydroxylation is 2. The lowest BCUT2D eigenvalue weighted by molar-refractivity contribution is -0.140. The smallest absolute Gasteiger partial charge is 0.380 e. The second-order valence-electron chi connectivity index (χ2n) is 7.59. The number of anilines is 1. The Bertz CT molecular complexity index is 1420. The van der Waals surface area contributed by atoms with Gasteiger partial charge in [-0.3, -0.25) is 9.59 Å². The number of fused-ring (bicyclic) bond motifs is 1. The van der Waals surface area contributed by atoms with Crippen molar-refractivity contribution in [2.75, 3.05) is 5.73 Å². The highest BCUT2D eigenvalue weighted by Gasteiger charge is 2.39. The number of aromatic amines is 1. The SMILES string of the molecule is Cc1ccc(C)c(C(=O)NCc2ccc(-n3nc(C(F)(F)F)c4c(=O)[nH]nc(N)c43)cc2)c1. The molecule has 0 aliphatic heterocycles. The number of nitrogens with zero attached hydrogens (tertiary/aromatic N) is 3. The number of nitrogens with one attached hydrogen (secondary N) is 2. The molecule has 0 fully saturated rings. The Hall–Kier alpha value is -4.15. The van der Waals surface area contributed by atoms with Gasteiger partial charge in [-0.1, -0.05) is 29.8 Å². The highest BCUT2D eigenvalue weighted by Crippen LogP contribution is 2.34. The summed E-state index contributed by atoms with van der Waals surface area (Å²) in [6.45, 7) is 3.95. The lowest BCUT2D eigenvalue weighted by atomic mass is 10.0. The first kappa shape index (κ1) is 22.1. The molecule has 4 rings (SSSR count). The molecule has 2 aromatic carbocycles. The molecule has 33 heavy (non-hydrogen) atoms. The van der Waals surface area contributed by atoms with Crippen molar-refractivity contribution in [3.8, 4) is 5.69 Å². The molecule has 4 N–H and O–H groups in total. The third kappa shape index (κ3) is 4.16. The van der Waals surface area contributed by atoms with Crippen LogP contribution in [0.15, 0.2) is 47.3 Å². The number of halogens is 3. The maximum Gasteiger partial charge on any atom is 0.436 e. The number of nitrogens with two attached hydrogens (primary N) is 1. The standard InChI is InChI=1S/C22H19F3N6O2/c1-11-3-4-12(2)15(9-11)20(32)27-10-13-5-7-14(8-6-13)31-17-16(18(30-31)22(23,24)25)21(33)29-28-19(17)26/h3-9H,10H2,1-2H3,(H2,26,28)(H,27,32)(H,29,33). The number of amides is 1. The molecule has 0 unspecified atom stereocenters. The highest BCUT2D eigenvalue weighted by atomic mass is 19.4. The van der Waals surface area contributed by atoms with Gasteiger partial charge in [0.25, 0.3) is 11.5 Å². The third-order valence-electron chi connectivity index (χ3n) is 5.17. The Labute approximate surface area is 185 Å². The number of nitrogen functional groups attached to an aromatic ring is 1. The van der Waals surface area contributed by atoms with Crippen molar-refractivity contribution in [3.63, 3.8) is 0 Å². The van der Waals surface area contributed by atoms with Crippen molar-refractivity contribution < 1.29 is 18.0 Å². The van der Waals surface area contributed by atoms with Gasteiger partial charge in [-0.2, -0.15) is 23.4 Å². The van der Waals surface area contributed by atoms with Crippen LogP contribution in [0.3, 0.4) is 0 Å². The summed E-state index contributed by atoms with van der Waals surface area (Å²) in [4.78, 5) is 24.5. The Kier molecular flexibility index (Phi) is 5.40. The van der Waals surface area contributed by atoms with Gasteiger partial charge in [0.15, 0.2) is 11.5 Å². The van der Waals surface area contributed by atoms with Gasteiger partial charge in [-0.25, -0.2) is 9.78 Å². The molecule has 1 amide bonds. The topological polar surface area (TPSA) is 119 Å². The molecule has 170 valence electrons. The summed E-state index contributed by atoms with van der Waals surface area (Å²) in [6, 6.07) is 11.9.